The van der Waals surface area contributed by atoms with Crippen LogP contribution in [-0.2, 0) is 12.0 Å². The molecule has 0 radical (unpaired) electrons. The number of nitrogens with zero attached hydrogens (tertiary/aromatic N) is 2. The van der Waals surface area contributed by atoms with Crippen LogP contribution in [0.5, 0.6) is 0 Å². The summed E-state index contributed by atoms with van der Waals surface area (Å²) in [5.41, 5.74) is 3.71. The Labute approximate surface area is 148 Å². The fraction of sp³-hybridized carbons (Fsp3) is 0.368. The van der Waals surface area contributed by atoms with Crippen molar-refractivity contribution in [1.29, 1.82) is 0 Å². The van der Waals surface area contributed by atoms with Gasteiger partial charge in [-0.2, -0.15) is 0 Å². The van der Waals surface area contributed by atoms with Gasteiger partial charge in [-0.25, -0.2) is 0 Å². The molecule has 0 amide bonds. The third-order valence-corrected chi connectivity index (χ3v) is 4.88. The third-order valence-electron chi connectivity index (χ3n) is 4.65. The van der Waals surface area contributed by atoms with E-state index in [4.69, 9.17) is 11.6 Å². The molecular weight excluding hydrogens is 320 g/mol. The first-order chi connectivity index (χ1) is 11.6. The molecule has 0 bridgehead atoms. The van der Waals surface area contributed by atoms with Crippen LogP contribution >= 0.6 is 11.6 Å². The van der Waals surface area contributed by atoms with Crippen LogP contribution in [-0.4, -0.2) is 24.5 Å². The second kappa shape index (κ2) is 7.22. The fourth-order valence-electron chi connectivity index (χ4n) is 2.88. The number of nitrogens with one attached hydrogen (secondary N) is 2. The number of aliphatic imine (C=N–C) groups is 1. The Morgan fingerprint density at radius 2 is 2.08 bits per heavy atom. The maximum atomic E-state index is 6.14. The summed E-state index contributed by atoms with van der Waals surface area (Å²) in [5, 5.41) is 7.59. The third kappa shape index (κ3) is 3.88. The molecule has 2 N–H and O–H groups in total. The van der Waals surface area contributed by atoms with Gasteiger partial charge in [-0.3, -0.25) is 9.98 Å². The molecule has 0 atom stereocenters. The number of benzene rings is 1. The molecule has 3 rings (SSSR count). The number of rotatable bonds is 5. The van der Waals surface area contributed by atoms with Crippen LogP contribution in [0.3, 0.4) is 0 Å². The van der Waals surface area contributed by atoms with Crippen LogP contribution in [0.1, 0.15) is 29.7 Å². The molecule has 1 aliphatic carbocycles. The summed E-state index contributed by atoms with van der Waals surface area (Å²) >= 11 is 6.14. The Balaban J connectivity index is 1.58. The van der Waals surface area contributed by atoms with Crippen LogP contribution in [0.15, 0.2) is 47.6 Å². The second-order valence-electron chi connectivity index (χ2n) is 6.34. The molecule has 1 fully saturated rings. The minimum Gasteiger partial charge on any atom is -0.356 e. The quantitative estimate of drug-likeness (QED) is 0.646. The Morgan fingerprint density at radius 1 is 1.25 bits per heavy atom. The van der Waals surface area contributed by atoms with Crippen LogP contribution in [0.2, 0.25) is 5.02 Å². The zero-order valence-corrected chi connectivity index (χ0v) is 14.9. The second-order valence-corrected chi connectivity index (χ2v) is 6.77. The molecule has 1 saturated carbocycles. The van der Waals surface area contributed by atoms with Crippen molar-refractivity contribution in [2.24, 2.45) is 4.99 Å². The summed E-state index contributed by atoms with van der Waals surface area (Å²) in [4.78, 5) is 8.72. The molecule has 0 unspecified atom stereocenters. The topological polar surface area (TPSA) is 49.3 Å². The van der Waals surface area contributed by atoms with E-state index in [0.29, 0.717) is 6.54 Å². The van der Waals surface area contributed by atoms with Gasteiger partial charge in [0.25, 0.3) is 0 Å². The number of halogens is 1. The summed E-state index contributed by atoms with van der Waals surface area (Å²) in [6.45, 7) is 3.59. The maximum Gasteiger partial charge on any atom is 0.191 e. The lowest BCUT2D eigenvalue weighted by Gasteiger charge is -2.19. The number of guanidine groups is 1. The van der Waals surface area contributed by atoms with Gasteiger partial charge >= 0.3 is 0 Å². The van der Waals surface area contributed by atoms with Crippen LogP contribution < -0.4 is 10.6 Å². The van der Waals surface area contributed by atoms with Crippen molar-refractivity contribution in [3.05, 3.63) is 64.4 Å². The fourth-order valence-corrected chi connectivity index (χ4v) is 3.07. The maximum absolute atomic E-state index is 6.14. The largest absolute Gasteiger partial charge is 0.356 e. The number of aromatic nitrogens is 1. The van der Waals surface area contributed by atoms with Gasteiger partial charge in [0.15, 0.2) is 5.96 Å². The Morgan fingerprint density at radius 3 is 2.75 bits per heavy atom. The Bertz CT molecular complexity index is 738. The predicted molar refractivity (Wildman–Crippen MR) is 99.5 cm³/mol. The van der Waals surface area contributed by atoms with Crippen molar-refractivity contribution >= 4 is 17.6 Å². The van der Waals surface area contributed by atoms with Gasteiger partial charge < -0.3 is 10.6 Å². The van der Waals surface area contributed by atoms with Gasteiger partial charge in [-0.1, -0.05) is 29.8 Å². The van der Waals surface area contributed by atoms with E-state index in [2.05, 4.69) is 45.7 Å². The average Bonchev–Trinajstić information content (AvgIpc) is 3.38. The molecule has 1 aromatic carbocycles. The van der Waals surface area contributed by atoms with E-state index in [9.17, 15) is 0 Å². The molecule has 1 aromatic heterocycles. The van der Waals surface area contributed by atoms with E-state index in [1.807, 2.05) is 24.4 Å². The molecule has 0 aliphatic heterocycles. The normalized spacial score (nSPS) is 15.9. The van der Waals surface area contributed by atoms with Crippen molar-refractivity contribution in [2.45, 2.75) is 31.7 Å². The highest BCUT2D eigenvalue weighted by Gasteiger charge is 2.44. The molecule has 126 valence electrons. The molecule has 1 aliphatic rings. The molecule has 5 heteroatoms. The first kappa shape index (κ1) is 16.8. The molecule has 0 saturated heterocycles. The average molecular weight is 343 g/mol. The molecule has 2 aromatic rings. The molecule has 0 spiro atoms. The first-order valence-electron chi connectivity index (χ1n) is 8.24. The van der Waals surface area contributed by atoms with Gasteiger partial charge in [0.1, 0.15) is 0 Å². The van der Waals surface area contributed by atoms with E-state index < -0.39 is 0 Å². The van der Waals surface area contributed by atoms with Crippen molar-refractivity contribution in [3.8, 4) is 0 Å². The summed E-state index contributed by atoms with van der Waals surface area (Å²) < 4.78 is 0. The standard InChI is InChI=1S/C19H23ClN4/c1-14-5-4-10-22-17(14)12-23-18(21-2)24-13-19(8-9-19)15-6-3-7-16(20)11-15/h3-7,10-11H,8-9,12-13H2,1-2H3,(H2,21,23,24). The summed E-state index contributed by atoms with van der Waals surface area (Å²) in [5.74, 6) is 0.799. The zero-order chi connectivity index (χ0) is 17.0. The summed E-state index contributed by atoms with van der Waals surface area (Å²) in [6, 6.07) is 12.2. The summed E-state index contributed by atoms with van der Waals surface area (Å²) in [7, 11) is 1.79. The monoisotopic (exact) mass is 342 g/mol. The van der Waals surface area contributed by atoms with Gasteiger partial charge in [-0.05, 0) is 49.1 Å². The molecule has 24 heavy (non-hydrogen) atoms. The Kier molecular flexibility index (Phi) is 5.05. The highest BCUT2D eigenvalue weighted by Crippen LogP contribution is 2.48. The zero-order valence-electron chi connectivity index (χ0n) is 14.1. The van der Waals surface area contributed by atoms with Crippen molar-refractivity contribution in [1.82, 2.24) is 15.6 Å². The number of hydrogen-bond donors (Lipinski definition) is 2. The number of hydrogen-bond acceptors (Lipinski definition) is 2. The minimum atomic E-state index is 0.184. The van der Waals surface area contributed by atoms with Crippen molar-refractivity contribution in [3.63, 3.8) is 0 Å². The highest BCUT2D eigenvalue weighted by molar-refractivity contribution is 6.30. The predicted octanol–water partition coefficient (Wildman–Crippen LogP) is 3.44. The van der Waals surface area contributed by atoms with E-state index in [0.717, 1.165) is 23.2 Å². The van der Waals surface area contributed by atoms with E-state index in [-0.39, 0.29) is 5.41 Å². The number of aryl methyl sites for hydroxylation is 1. The van der Waals surface area contributed by atoms with Crippen molar-refractivity contribution < 1.29 is 0 Å². The van der Waals surface area contributed by atoms with E-state index in [1.165, 1.54) is 24.0 Å². The van der Waals surface area contributed by atoms with Gasteiger partial charge in [0.2, 0.25) is 0 Å². The van der Waals surface area contributed by atoms with Gasteiger partial charge in [0, 0.05) is 30.2 Å². The Hall–Kier alpha value is -2.07. The molecule has 1 heterocycles. The lowest BCUT2D eigenvalue weighted by atomic mass is 9.96. The lowest BCUT2D eigenvalue weighted by molar-refractivity contribution is 0.644. The van der Waals surface area contributed by atoms with E-state index in [1.54, 1.807) is 7.05 Å². The van der Waals surface area contributed by atoms with Crippen LogP contribution in [0, 0.1) is 6.92 Å². The van der Waals surface area contributed by atoms with Crippen molar-refractivity contribution in [2.75, 3.05) is 13.6 Å². The van der Waals surface area contributed by atoms with E-state index >= 15 is 0 Å². The minimum absolute atomic E-state index is 0.184. The summed E-state index contributed by atoms with van der Waals surface area (Å²) in [6.07, 6.45) is 4.17. The highest BCUT2D eigenvalue weighted by atomic mass is 35.5. The lowest BCUT2D eigenvalue weighted by Crippen LogP contribution is -2.41. The number of pyridine rings is 1. The first-order valence-corrected chi connectivity index (χ1v) is 8.62. The van der Waals surface area contributed by atoms with Gasteiger partial charge in [0.05, 0.1) is 12.2 Å². The van der Waals surface area contributed by atoms with Crippen LogP contribution in [0.4, 0.5) is 0 Å². The SMILES string of the molecule is CN=C(NCc1ncccc1C)NCC1(c2cccc(Cl)c2)CC1. The smallest absolute Gasteiger partial charge is 0.191 e. The van der Waals surface area contributed by atoms with Crippen LogP contribution in [0.25, 0.3) is 0 Å². The molecular formula is C19H23ClN4. The van der Waals surface area contributed by atoms with Gasteiger partial charge in [-0.15, -0.1) is 0 Å². The molecule has 4 nitrogen and oxygen atoms in total.